The highest BCUT2D eigenvalue weighted by molar-refractivity contribution is 6.30. The van der Waals surface area contributed by atoms with Gasteiger partial charge in [-0.2, -0.15) is 0 Å². The topological polar surface area (TPSA) is 41.3 Å². The zero-order valence-corrected chi connectivity index (χ0v) is 13.2. The molecule has 1 aromatic heterocycles. The molecule has 2 atom stereocenters. The highest BCUT2D eigenvalue weighted by atomic mass is 35.5. The van der Waals surface area contributed by atoms with Crippen LogP contribution in [0.2, 0.25) is 5.02 Å². The van der Waals surface area contributed by atoms with Crippen molar-refractivity contribution in [3.63, 3.8) is 0 Å². The van der Waals surface area contributed by atoms with Crippen LogP contribution in [0.4, 0.5) is 0 Å². The van der Waals surface area contributed by atoms with Gasteiger partial charge in [-0.25, -0.2) is 4.98 Å². The van der Waals surface area contributed by atoms with Crippen LogP contribution < -0.4 is 5.32 Å². The number of oxazole rings is 1. The van der Waals surface area contributed by atoms with Gasteiger partial charge in [-0.3, -0.25) is 4.90 Å². The van der Waals surface area contributed by atoms with Crippen LogP contribution in [0.1, 0.15) is 18.7 Å². The molecule has 0 spiro atoms. The van der Waals surface area contributed by atoms with Crippen molar-refractivity contribution >= 4 is 11.6 Å². The number of nitrogens with one attached hydrogen (secondary N) is 1. The van der Waals surface area contributed by atoms with E-state index in [1.807, 2.05) is 24.3 Å². The lowest BCUT2D eigenvalue weighted by atomic mass is 9.93. The molecule has 116 valence electrons. The van der Waals surface area contributed by atoms with E-state index in [9.17, 15) is 0 Å². The largest absolute Gasteiger partial charge is 0.439 e. The molecule has 0 radical (unpaired) electrons. The number of halogens is 1. The minimum absolute atomic E-state index is 0.714. The lowest BCUT2D eigenvalue weighted by Crippen LogP contribution is -2.43. The molecule has 0 amide bonds. The van der Waals surface area contributed by atoms with Gasteiger partial charge in [-0.15, -0.1) is 0 Å². The summed E-state index contributed by atoms with van der Waals surface area (Å²) in [6, 6.07) is 8.41. The second-order valence-corrected chi connectivity index (χ2v) is 6.70. The molecule has 2 aliphatic heterocycles. The van der Waals surface area contributed by atoms with E-state index in [1.165, 1.54) is 19.4 Å². The van der Waals surface area contributed by atoms with Gasteiger partial charge in [0.1, 0.15) is 0 Å². The van der Waals surface area contributed by atoms with E-state index in [0.717, 1.165) is 48.8 Å². The van der Waals surface area contributed by atoms with E-state index < -0.39 is 0 Å². The van der Waals surface area contributed by atoms with Gasteiger partial charge >= 0.3 is 0 Å². The maximum atomic E-state index is 6.03. The molecule has 4 nitrogen and oxygen atoms in total. The predicted octanol–water partition coefficient (Wildman–Crippen LogP) is 3.18. The molecule has 1 N–H and O–H groups in total. The van der Waals surface area contributed by atoms with Gasteiger partial charge in [0.2, 0.25) is 5.89 Å². The number of nitrogens with zero attached hydrogens (tertiary/aromatic N) is 2. The lowest BCUT2D eigenvalue weighted by Gasteiger charge is -2.33. The first-order valence-electron chi connectivity index (χ1n) is 7.94. The molecule has 1 aromatic carbocycles. The van der Waals surface area contributed by atoms with Gasteiger partial charge in [0.25, 0.3) is 0 Å². The fourth-order valence-corrected chi connectivity index (χ4v) is 3.81. The number of hydrogen-bond acceptors (Lipinski definition) is 4. The van der Waals surface area contributed by atoms with E-state index in [2.05, 4.69) is 15.2 Å². The number of aromatic nitrogens is 1. The molecule has 0 bridgehead atoms. The van der Waals surface area contributed by atoms with Gasteiger partial charge in [0, 0.05) is 29.7 Å². The van der Waals surface area contributed by atoms with Gasteiger partial charge in [0.05, 0.1) is 12.7 Å². The van der Waals surface area contributed by atoms with Crippen LogP contribution in [-0.2, 0) is 6.54 Å². The van der Waals surface area contributed by atoms with Gasteiger partial charge in [-0.1, -0.05) is 23.7 Å². The van der Waals surface area contributed by atoms with Crippen LogP contribution in [0.25, 0.3) is 11.3 Å². The number of hydrogen-bond donors (Lipinski definition) is 1. The third-order valence-corrected chi connectivity index (χ3v) is 5.00. The average molecular weight is 318 g/mol. The summed E-state index contributed by atoms with van der Waals surface area (Å²) in [4.78, 5) is 6.89. The Morgan fingerprint density at radius 1 is 1.36 bits per heavy atom. The Bertz CT molecular complexity index is 657. The van der Waals surface area contributed by atoms with Crippen molar-refractivity contribution in [3.05, 3.63) is 41.4 Å². The third-order valence-electron chi connectivity index (χ3n) is 4.76. The van der Waals surface area contributed by atoms with Crippen molar-refractivity contribution in [1.29, 1.82) is 0 Å². The minimum atomic E-state index is 0.714. The van der Waals surface area contributed by atoms with Crippen LogP contribution in [0.5, 0.6) is 0 Å². The van der Waals surface area contributed by atoms with E-state index >= 15 is 0 Å². The molecule has 4 rings (SSSR count). The number of fused-ring (bicyclic) bond motifs is 1. The molecular formula is C17H20ClN3O. The van der Waals surface area contributed by atoms with E-state index in [4.69, 9.17) is 16.0 Å². The van der Waals surface area contributed by atoms with Crippen molar-refractivity contribution in [3.8, 4) is 11.3 Å². The van der Waals surface area contributed by atoms with Gasteiger partial charge in [0.15, 0.2) is 5.76 Å². The summed E-state index contributed by atoms with van der Waals surface area (Å²) in [5.74, 6) is 2.37. The Morgan fingerprint density at radius 3 is 3.23 bits per heavy atom. The molecule has 2 aromatic rings. The average Bonchev–Trinajstić information content (AvgIpc) is 3.16. The molecule has 3 heterocycles. The maximum Gasteiger partial charge on any atom is 0.209 e. The normalized spacial score (nSPS) is 25.3. The van der Waals surface area contributed by atoms with Gasteiger partial charge in [-0.05, 0) is 37.4 Å². The van der Waals surface area contributed by atoms with Crippen LogP contribution in [-0.4, -0.2) is 35.6 Å². The number of rotatable bonds is 3. The van der Waals surface area contributed by atoms with E-state index in [0.29, 0.717) is 5.02 Å². The van der Waals surface area contributed by atoms with Crippen molar-refractivity contribution in [2.75, 3.05) is 19.6 Å². The molecule has 2 aliphatic rings. The monoisotopic (exact) mass is 317 g/mol. The zero-order valence-electron chi connectivity index (χ0n) is 12.5. The Morgan fingerprint density at radius 2 is 2.32 bits per heavy atom. The summed E-state index contributed by atoms with van der Waals surface area (Å²) >= 11 is 6.03. The van der Waals surface area contributed by atoms with Crippen LogP contribution in [0.15, 0.2) is 34.9 Å². The second-order valence-electron chi connectivity index (χ2n) is 6.26. The standard InChI is InChI=1S/C17H20ClN3O/c18-14-3-1-2-12(8-14)16-9-20-17(22-16)11-21-7-5-15-13(10-21)4-6-19-15/h1-3,8-9,13,15,19H,4-7,10-11H2. The summed E-state index contributed by atoms with van der Waals surface area (Å²) in [6.45, 7) is 4.22. The summed E-state index contributed by atoms with van der Waals surface area (Å²) in [7, 11) is 0. The molecule has 0 aliphatic carbocycles. The van der Waals surface area contributed by atoms with E-state index in [-0.39, 0.29) is 0 Å². The Labute approximate surface area is 135 Å². The quantitative estimate of drug-likeness (QED) is 0.944. The van der Waals surface area contributed by atoms with Crippen LogP contribution in [0, 0.1) is 5.92 Å². The fourth-order valence-electron chi connectivity index (χ4n) is 3.62. The highest BCUT2D eigenvalue weighted by Crippen LogP contribution is 2.27. The van der Waals surface area contributed by atoms with Crippen molar-refractivity contribution in [2.24, 2.45) is 5.92 Å². The Balaban J connectivity index is 1.44. The molecule has 5 heteroatoms. The van der Waals surface area contributed by atoms with Crippen LogP contribution in [0.3, 0.4) is 0 Å². The number of benzene rings is 1. The fraction of sp³-hybridized carbons (Fsp3) is 0.471. The van der Waals surface area contributed by atoms with Crippen molar-refractivity contribution in [2.45, 2.75) is 25.4 Å². The van der Waals surface area contributed by atoms with Crippen LogP contribution >= 0.6 is 11.6 Å². The smallest absolute Gasteiger partial charge is 0.209 e. The SMILES string of the molecule is Clc1cccc(-c2cnc(CN3CCC4NCCC4C3)o2)c1. The lowest BCUT2D eigenvalue weighted by molar-refractivity contribution is 0.144. The second kappa shape index (κ2) is 6.03. The Hall–Kier alpha value is -1.36. The molecule has 2 unspecified atom stereocenters. The first-order chi connectivity index (χ1) is 10.8. The summed E-state index contributed by atoms with van der Waals surface area (Å²) < 4.78 is 5.91. The number of likely N-dealkylation sites (tertiary alicyclic amines) is 1. The van der Waals surface area contributed by atoms with Crippen molar-refractivity contribution < 1.29 is 4.42 Å². The molecular weight excluding hydrogens is 298 g/mol. The molecule has 2 fully saturated rings. The first kappa shape index (κ1) is 14.2. The van der Waals surface area contributed by atoms with Gasteiger partial charge < -0.3 is 9.73 Å². The van der Waals surface area contributed by atoms with E-state index in [1.54, 1.807) is 6.20 Å². The zero-order chi connectivity index (χ0) is 14.9. The first-order valence-corrected chi connectivity index (χ1v) is 8.32. The molecule has 0 saturated carbocycles. The predicted molar refractivity (Wildman–Crippen MR) is 86.7 cm³/mol. The summed E-state index contributed by atoms with van der Waals surface area (Å²) in [5, 5.41) is 4.31. The molecule has 22 heavy (non-hydrogen) atoms. The Kier molecular flexibility index (Phi) is 3.90. The highest BCUT2D eigenvalue weighted by Gasteiger charge is 2.32. The molecule has 2 saturated heterocycles. The summed E-state index contributed by atoms with van der Waals surface area (Å²) in [6.07, 6.45) is 4.32. The summed E-state index contributed by atoms with van der Waals surface area (Å²) in [5.41, 5.74) is 0.977. The minimum Gasteiger partial charge on any atom is -0.439 e. The number of piperidine rings is 1. The third kappa shape index (κ3) is 2.91. The maximum absolute atomic E-state index is 6.03. The van der Waals surface area contributed by atoms with Crippen molar-refractivity contribution in [1.82, 2.24) is 15.2 Å².